The molecule has 0 spiro atoms. The van der Waals surface area contributed by atoms with Gasteiger partial charge in [0.15, 0.2) is 0 Å². The van der Waals surface area contributed by atoms with Crippen LogP contribution in [0.2, 0.25) is 0 Å². The van der Waals surface area contributed by atoms with Gasteiger partial charge in [-0.15, -0.1) is 0 Å². The first-order valence-corrected chi connectivity index (χ1v) is 5.85. The van der Waals surface area contributed by atoms with Crippen molar-refractivity contribution in [1.82, 2.24) is 0 Å². The molecule has 0 fully saturated rings. The lowest BCUT2D eigenvalue weighted by molar-refractivity contribution is -0.137. The van der Waals surface area contributed by atoms with Crippen LogP contribution in [0.15, 0.2) is 24.3 Å². The van der Waals surface area contributed by atoms with Crippen LogP contribution in [0.25, 0.3) is 0 Å². The number of ether oxygens (including phenoxy) is 1. The predicted molar refractivity (Wildman–Crippen MR) is 65.9 cm³/mol. The van der Waals surface area contributed by atoms with E-state index < -0.39 is 11.8 Å². The van der Waals surface area contributed by atoms with Crippen molar-refractivity contribution in [3.63, 3.8) is 0 Å². The monoisotopic (exact) mass is 234 g/mol. The Morgan fingerprint density at radius 1 is 1.29 bits per heavy atom. The minimum atomic E-state index is -0.783. The highest BCUT2D eigenvalue weighted by molar-refractivity contribution is 6.40. The zero-order valence-electron chi connectivity index (χ0n) is 10.5. The maximum Gasteiger partial charge on any atom is 0.379 e. The summed E-state index contributed by atoms with van der Waals surface area (Å²) in [5.74, 6) is -0.838. The highest BCUT2D eigenvalue weighted by Gasteiger charge is 2.17. The molecule has 1 rings (SSSR count). The molecule has 0 saturated carbocycles. The van der Waals surface area contributed by atoms with E-state index in [0.29, 0.717) is 11.5 Å². The highest BCUT2D eigenvalue weighted by atomic mass is 16.5. The maximum atomic E-state index is 11.7. The Morgan fingerprint density at radius 2 is 2.00 bits per heavy atom. The van der Waals surface area contributed by atoms with Crippen molar-refractivity contribution in [2.24, 2.45) is 5.92 Å². The van der Waals surface area contributed by atoms with Crippen molar-refractivity contribution in [2.45, 2.75) is 27.2 Å². The lowest BCUT2D eigenvalue weighted by Gasteiger charge is -2.06. The molecule has 0 amide bonds. The van der Waals surface area contributed by atoms with E-state index in [1.807, 2.05) is 6.07 Å². The van der Waals surface area contributed by atoms with Gasteiger partial charge in [0, 0.05) is 5.56 Å². The fourth-order valence-electron chi connectivity index (χ4n) is 1.63. The second-order valence-corrected chi connectivity index (χ2v) is 4.35. The quantitative estimate of drug-likeness (QED) is 0.447. The van der Waals surface area contributed by atoms with Gasteiger partial charge in [0.25, 0.3) is 5.78 Å². The van der Waals surface area contributed by atoms with Crippen molar-refractivity contribution in [3.8, 4) is 0 Å². The number of carbonyl (C=O) groups excluding carboxylic acids is 2. The van der Waals surface area contributed by atoms with Gasteiger partial charge in [-0.2, -0.15) is 0 Å². The van der Waals surface area contributed by atoms with Crippen LogP contribution in [-0.4, -0.2) is 18.4 Å². The summed E-state index contributed by atoms with van der Waals surface area (Å²) >= 11 is 0. The van der Waals surface area contributed by atoms with Crippen LogP contribution in [0.5, 0.6) is 0 Å². The topological polar surface area (TPSA) is 43.4 Å². The number of esters is 1. The van der Waals surface area contributed by atoms with Gasteiger partial charge in [0.1, 0.15) is 0 Å². The lowest BCUT2D eigenvalue weighted by atomic mass is 10.00. The lowest BCUT2D eigenvalue weighted by Crippen LogP contribution is -2.17. The van der Waals surface area contributed by atoms with Gasteiger partial charge in [-0.05, 0) is 30.9 Å². The molecular weight excluding hydrogens is 216 g/mol. The largest absolute Gasteiger partial charge is 0.460 e. The predicted octanol–water partition coefficient (Wildman–Crippen LogP) is 2.63. The van der Waals surface area contributed by atoms with Gasteiger partial charge in [-0.3, -0.25) is 4.79 Å². The molecule has 0 bridgehead atoms. The SMILES string of the molecule is CCOC(=O)C(=O)c1cccc(CC(C)C)c1. The average Bonchev–Trinajstić information content (AvgIpc) is 2.28. The smallest absolute Gasteiger partial charge is 0.379 e. The minimum Gasteiger partial charge on any atom is -0.460 e. The van der Waals surface area contributed by atoms with Gasteiger partial charge < -0.3 is 4.74 Å². The van der Waals surface area contributed by atoms with Crippen molar-refractivity contribution in [1.29, 1.82) is 0 Å². The molecule has 0 aliphatic rings. The molecule has 0 atom stereocenters. The average molecular weight is 234 g/mol. The van der Waals surface area contributed by atoms with Crippen LogP contribution in [-0.2, 0) is 16.0 Å². The van der Waals surface area contributed by atoms with E-state index in [-0.39, 0.29) is 6.61 Å². The summed E-state index contributed by atoms with van der Waals surface area (Å²) in [6, 6.07) is 7.16. The zero-order valence-corrected chi connectivity index (χ0v) is 10.5. The number of hydrogen-bond acceptors (Lipinski definition) is 3. The molecule has 0 aliphatic heterocycles. The summed E-state index contributed by atoms with van der Waals surface area (Å²) < 4.78 is 4.69. The standard InChI is InChI=1S/C14H18O3/c1-4-17-14(16)13(15)12-7-5-6-11(9-12)8-10(2)3/h5-7,9-10H,4,8H2,1-3H3. The molecule has 1 aromatic carbocycles. The molecule has 0 aromatic heterocycles. The molecule has 92 valence electrons. The summed E-state index contributed by atoms with van der Waals surface area (Å²) in [5.41, 5.74) is 1.47. The molecule has 0 heterocycles. The minimum absolute atomic E-state index is 0.219. The molecule has 3 heteroatoms. The van der Waals surface area contributed by atoms with Crippen molar-refractivity contribution < 1.29 is 14.3 Å². The zero-order chi connectivity index (χ0) is 12.8. The molecule has 1 aromatic rings. The molecular formula is C14H18O3. The first-order chi connectivity index (χ1) is 8.04. The van der Waals surface area contributed by atoms with Crippen LogP contribution in [0, 0.1) is 5.92 Å². The van der Waals surface area contributed by atoms with E-state index >= 15 is 0 Å². The number of hydrogen-bond donors (Lipinski definition) is 0. The number of carbonyl (C=O) groups is 2. The van der Waals surface area contributed by atoms with E-state index in [9.17, 15) is 9.59 Å². The van der Waals surface area contributed by atoms with Crippen molar-refractivity contribution in [3.05, 3.63) is 35.4 Å². The van der Waals surface area contributed by atoms with Crippen LogP contribution in [0.1, 0.15) is 36.7 Å². The molecule has 17 heavy (non-hydrogen) atoms. The Hall–Kier alpha value is -1.64. The normalized spacial score (nSPS) is 10.4. The number of benzene rings is 1. The second kappa shape index (κ2) is 6.18. The number of rotatable bonds is 5. The molecule has 0 saturated heterocycles. The molecule has 0 radical (unpaired) electrons. The Morgan fingerprint density at radius 3 is 2.59 bits per heavy atom. The fraction of sp³-hybridized carbons (Fsp3) is 0.429. The second-order valence-electron chi connectivity index (χ2n) is 4.35. The van der Waals surface area contributed by atoms with Crippen molar-refractivity contribution >= 4 is 11.8 Å². The van der Waals surface area contributed by atoms with Crippen LogP contribution in [0.3, 0.4) is 0 Å². The van der Waals surface area contributed by atoms with E-state index in [1.165, 1.54) is 0 Å². The Labute approximate surface area is 102 Å². The van der Waals surface area contributed by atoms with Crippen LogP contribution < -0.4 is 0 Å². The van der Waals surface area contributed by atoms with E-state index in [1.54, 1.807) is 25.1 Å². The Bertz CT molecular complexity index is 408. The van der Waals surface area contributed by atoms with Crippen LogP contribution in [0.4, 0.5) is 0 Å². The van der Waals surface area contributed by atoms with Gasteiger partial charge in [-0.25, -0.2) is 4.79 Å². The van der Waals surface area contributed by atoms with Gasteiger partial charge in [0.2, 0.25) is 0 Å². The van der Waals surface area contributed by atoms with Gasteiger partial charge >= 0.3 is 5.97 Å². The fourth-order valence-corrected chi connectivity index (χ4v) is 1.63. The first kappa shape index (κ1) is 13.4. The highest BCUT2D eigenvalue weighted by Crippen LogP contribution is 2.11. The third-order valence-electron chi connectivity index (χ3n) is 2.29. The van der Waals surface area contributed by atoms with Crippen LogP contribution >= 0.6 is 0 Å². The summed E-state index contributed by atoms with van der Waals surface area (Å²) in [6.07, 6.45) is 0.893. The number of Topliss-reactive ketones (excluding diaryl/α,β-unsaturated/α-hetero) is 1. The Balaban J connectivity index is 2.84. The summed E-state index contributed by atoms with van der Waals surface area (Å²) in [4.78, 5) is 23.0. The van der Waals surface area contributed by atoms with E-state index in [4.69, 9.17) is 4.74 Å². The molecule has 0 unspecified atom stereocenters. The molecule has 3 nitrogen and oxygen atoms in total. The summed E-state index contributed by atoms with van der Waals surface area (Å²) in [7, 11) is 0. The van der Waals surface area contributed by atoms with Crippen molar-refractivity contribution in [2.75, 3.05) is 6.61 Å². The first-order valence-electron chi connectivity index (χ1n) is 5.85. The third kappa shape index (κ3) is 4.02. The summed E-state index contributed by atoms with van der Waals surface area (Å²) in [5, 5.41) is 0. The number of ketones is 1. The maximum absolute atomic E-state index is 11.7. The third-order valence-corrected chi connectivity index (χ3v) is 2.29. The van der Waals surface area contributed by atoms with Gasteiger partial charge in [-0.1, -0.05) is 32.0 Å². The van der Waals surface area contributed by atoms with E-state index in [0.717, 1.165) is 12.0 Å². The molecule has 0 N–H and O–H groups in total. The Kier molecular flexibility index (Phi) is 4.88. The van der Waals surface area contributed by atoms with E-state index in [2.05, 4.69) is 13.8 Å². The summed E-state index contributed by atoms with van der Waals surface area (Å²) in [6.45, 7) is 6.12. The van der Waals surface area contributed by atoms with Gasteiger partial charge in [0.05, 0.1) is 6.61 Å². The molecule has 0 aliphatic carbocycles.